The second-order valence-corrected chi connectivity index (χ2v) is 5.15. The lowest BCUT2D eigenvalue weighted by Crippen LogP contribution is -1.90. The Kier molecular flexibility index (Phi) is 2.00. The van der Waals surface area contributed by atoms with Crippen LogP contribution in [0, 0.1) is 0 Å². The molecule has 4 rings (SSSR count). The molecule has 18 heavy (non-hydrogen) atoms. The van der Waals surface area contributed by atoms with E-state index in [0.717, 1.165) is 10.1 Å². The number of aromatic nitrogens is 2. The summed E-state index contributed by atoms with van der Waals surface area (Å²) in [4.78, 5) is 4.49. The molecule has 0 amide bonds. The van der Waals surface area contributed by atoms with E-state index in [2.05, 4.69) is 67.8 Å². The lowest BCUT2D eigenvalue weighted by molar-refractivity contribution is 1.27. The molecule has 0 atom stereocenters. The van der Waals surface area contributed by atoms with Gasteiger partial charge in [0.05, 0.1) is 5.52 Å². The van der Waals surface area contributed by atoms with Crippen LogP contribution >= 0.6 is 15.9 Å². The van der Waals surface area contributed by atoms with Crippen molar-refractivity contribution in [1.29, 1.82) is 0 Å². The Hall–Kier alpha value is -1.87. The summed E-state index contributed by atoms with van der Waals surface area (Å²) in [5.41, 5.74) is 2.19. The third-order valence-electron chi connectivity index (χ3n) is 3.33. The van der Waals surface area contributed by atoms with E-state index in [9.17, 15) is 0 Å². The number of hydrogen-bond donors (Lipinski definition) is 0. The lowest BCUT2D eigenvalue weighted by atomic mass is 10.1. The molecule has 0 bridgehead atoms. The van der Waals surface area contributed by atoms with Gasteiger partial charge in [-0.3, -0.25) is 4.40 Å². The molecule has 2 heterocycles. The van der Waals surface area contributed by atoms with E-state index < -0.39 is 0 Å². The fraction of sp³-hybridized carbons (Fsp3) is 0. The van der Waals surface area contributed by atoms with Gasteiger partial charge >= 0.3 is 0 Å². The fourth-order valence-electron chi connectivity index (χ4n) is 2.57. The van der Waals surface area contributed by atoms with Crippen LogP contribution in [0.5, 0.6) is 0 Å². The number of rotatable bonds is 0. The van der Waals surface area contributed by atoms with Crippen LogP contribution in [-0.2, 0) is 0 Å². The summed E-state index contributed by atoms with van der Waals surface area (Å²) in [6, 6.07) is 14.7. The van der Waals surface area contributed by atoms with Crippen molar-refractivity contribution in [3.05, 3.63) is 59.3 Å². The first kappa shape index (κ1) is 10.1. The fourth-order valence-corrected chi connectivity index (χ4v) is 3.11. The zero-order valence-electron chi connectivity index (χ0n) is 9.47. The maximum Gasteiger partial charge on any atom is 0.146 e. The van der Waals surface area contributed by atoms with E-state index in [-0.39, 0.29) is 0 Å². The van der Waals surface area contributed by atoms with Crippen LogP contribution in [-0.4, -0.2) is 9.38 Å². The molecule has 0 fully saturated rings. The van der Waals surface area contributed by atoms with Gasteiger partial charge in [0.1, 0.15) is 5.65 Å². The van der Waals surface area contributed by atoms with E-state index >= 15 is 0 Å². The molecule has 2 aromatic carbocycles. The first-order chi connectivity index (χ1) is 8.86. The van der Waals surface area contributed by atoms with Gasteiger partial charge in [-0.25, -0.2) is 4.98 Å². The second kappa shape index (κ2) is 3.56. The largest absolute Gasteiger partial charge is 0.299 e. The average molecular weight is 297 g/mol. The van der Waals surface area contributed by atoms with Crippen LogP contribution < -0.4 is 0 Å². The van der Waals surface area contributed by atoms with E-state index in [1.54, 1.807) is 0 Å². The highest BCUT2D eigenvalue weighted by molar-refractivity contribution is 9.10. The van der Waals surface area contributed by atoms with Crippen molar-refractivity contribution in [2.75, 3.05) is 0 Å². The predicted octanol–water partition coefficient (Wildman–Crippen LogP) is 4.40. The maximum absolute atomic E-state index is 4.49. The molecule has 86 valence electrons. The molecular formula is C15H9BrN2. The van der Waals surface area contributed by atoms with Crippen molar-refractivity contribution in [1.82, 2.24) is 9.38 Å². The summed E-state index contributed by atoms with van der Waals surface area (Å²) in [5.74, 6) is 0. The van der Waals surface area contributed by atoms with Crippen molar-refractivity contribution >= 4 is 43.3 Å². The molecule has 0 unspecified atom stereocenters. The third kappa shape index (κ3) is 1.20. The maximum atomic E-state index is 4.49. The predicted molar refractivity (Wildman–Crippen MR) is 77.9 cm³/mol. The molecule has 0 N–H and O–H groups in total. The average Bonchev–Trinajstić information content (AvgIpc) is 2.88. The molecule has 0 radical (unpaired) electrons. The lowest BCUT2D eigenvalue weighted by Gasteiger charge is -2.09. The van der Waals surface area contributed by atoms with Crippen molar-refractivity contribution in [2.45, 2.75) is 0 Å². The Morgan fingerprint density at radius 2 is 1.78 bits per heavy atom. The Balaban J connectivity index is 2.49. The number of para-hydroxylation sites is 1. The summed E-state index contributed by atoms with van der Waals surface area (Å²) in [7, 11) is 0. The van der Waals surface area contributed by atoms with Crippen LogP contribution in [0.3, 0.4) is 0 Å². The highest BCUT2D eigenvalue weighted by atomic mass is 79.9. The van der Waals surface area contributed by atoms with Crippen molar-refractivity contribution < 1.29 is 0 Å². The van der Waals surface area contributed by atoms with Crippen LogP contribution in [0.4, 0.5) is 0 Å². The minimum atomic E-state index is 0.996. The van der Waals surface area contributed by atoms with Gasteiger partial charge in [0, 0.05) is 27.6 Å². The molecule has 3 heteroatoms. The zero-order chi connectivity index (χ0) is 12.1. The molecule has 0 aliphatic carbocycles. The van der Waals surface area contributed by atoms with Crippen molar-refractivity contribution in [3.63, 3.8) is 0 Å². The van der Waals surface area contributed by atoms with Gasteiger partial charge in [-0.05, 0) is 17.5 Å². The van der Waals surface area contributed by atoms with Gasteiger partial charge in [-0.15, -0.1) is 0 Å². The quantitative estimate of drug-likeness (QED) is 0.440. The topological polar surface area (TPSA) is 17.3 Å². The van der Waals surface area contributed by atoms with Gasteiger partial charge in [-0.1, -0.05) is 46.3 Å². The number of hydrogen-bond acceptors (Lipinski definition) is 1. The van der Waals surface area contributed by atoms with Gasteiger partial charge in [0.2, 0.25) is 0 Å². The molecule has 0 aliphatic heterocycles. The Morgan fingerprint density at radius 1 is 0.944 bits per heavy atom. The molecule has 4 aromatic rings. The minimum Gasteiger partial charge on any atom is -0.299 e. The monoisotopic (exact) mass is 296 g/mol. The van der Waals surface area contributed by atoms with Gasteiger partial charge in [0.15, 0.2) is 0 Å². The number of pyridine rings is 1. The summed E-state index contributed by atoms with van der Waals surface area (Å²) < 4.78 is 3.23. The standard InChI is InChI=1S/C15H9BrN2/c16-12-6-3-5-11-10-4-1-2-7-13(10)18-9-8-17-15(18)14(11)12/h1-9H. The summed E-state index contributed by atoms with van der Waals surface area (Å²) in [6.07, 6.45) is 3.86. The highest BCUT2D eigenvalue weighted by Crippen LogP contribution is 2.33. The van der Waals surface area contributed by atoms with Crippen LogP contribution in [0.1, 0.15) is 0 Å². The first-order valence-electron chi connectivity index (χ1n) is 5.78. The number of nitrogens with zero attached hydrogens (tertiary/aromatic N) is 2. The second-order valence-electron chi connectivity index (χ2n) is 4.30. The van der Waals surface area contributed by atoms with Gasteiger partial charge in [-0.2, -0.15) is 0 Å². The van der Waals surface area contributed by atoms with Crippen LogP contribution in [0.2, 0.25) is 0 Å². The molecular weight excluding hydrogens is 288 g/mol. The minimum absolute atomic E-state index is 0.996. The van der Waals surface area contributed by atoms with Crippen LogP contribution in [0.25, 0.3) is 27.3 Å². The summed E-state index contributed by atoms with van der Waals surface area (Å²) in [6.45, 7) is 0. The Labute approximate surface area is 112 Å². The van der Waals surface area contributed by atoms with Crippen LogP contribution in [0.15, 0.2) is 59.3 Å². The number of imidazole rings is 1. The number of fused-ring (bicyclic) bond motifs is 6. The van der Waals surface area contributed by atoms with E-state index in [0.29, 0.717) is 0 Å². The normalized spacial score (nSPS) is 11.6. The molecule has 0 spiro atoms. The molecule has 2 aromatic heterocycles. The number of halogens is 1. The number of benzene rings is 2. The SMILES string of the molecule is Brc1cccc2c3ccccc3n3ccnc3c12. The summed E-state index contributed by atoms with van der Waals surface area (Å²) in [5, 5.41) is 3.65. The van der Waals surface area contributed by atoms with E-state index in [4.69, 9.17) is 0 Å². The zero-order valence-corrected chi connectivity index (χ0v) is 11.1. The Bertz CT molecular complexity index is 893. The van der Waals surface area contributed by atoms with Crippen molar-refractivity contribution in [3.8, 4) is 0 Å². The van der Waals surface area contributed by atoms with Crippen molar-refractivity contribution in [2.24, 2.45) is 0 Å². The summed E-state index contributed by atoms with van der Waals surface area (Å²) >= 11 is 3.64. The smallest absolute Gasteiger partial charge is 0.146 e. The van der Waals surface area contributed by atoms with Gasteiger partial charge < -0.3 is 0 Å². The van der Waals surface area contributed by atoms with E-state index in [1.165, 1.54) is 21.7 Å². The molecule has 0 aliphatic rings. The molecule has 0 saturated heterocycles. The molecule has 2 nitrogen and oxygen atoms in total. The van der Waals surface area contributed by atoms with Gasteiger partial charge in [0.25, 0.3) is 0 Å². The first-order valence-corrected chi connectivity index (χ1v) is 6.57. The molecule has 0 saturated carbocycles. The highest BCUT2D eigenvalue weighted by Gasteiger charge is 2.10. The Morgan fingerprint density at radius 3 is 2.72 bits per heavy atom. The van der Waals surface area contributed by atoms with E-state index in [1.807, 2.05) is 12.4 Å². The third-order valence-corrected chi connectivity index (χ3v) is 3.99.